The van der Waals surface area contributed by atoms with E-state index in [-0.39, 0.29) is 23.9 Å². The van der Waals surface area contributed by atoms with Crippen LogP contribution in [0.2, 0.25) is 0 Å². The molecule has 0 aromatic heterocycles. The van der Waals surface area contributed by atoms with Crippen molar-refractivity contribution in [2.24, 2.45) is 0 Å². The molecule has 5 heteroatoms. The lowest BCUT2D eigenvalue weighted by Crippen LogP contribution is -2.73. The van der Waals surface area contributed by atoms with E-state index < -0.39 is 5.54 Å². The molecule has 0 radical (unpaired) electrons. The molecule has 1 heterocycles. The molecular formula is C15H26N2O3. The van der Waals surface area contributed by atoms with Gasteiger partial charge in [0.25, 0.3) is 0 Å². The molecule has 1 saturated heterocycles. The molecule has 0 aromatic rings. The van der Waals surface area contributed by atoms with E-state index >= 15 is 0 Å². The summed E-state index contributed by atoms with van der Waals surface area (Å²) in [5, 5.41) is 2.93. The molecule has 2 amide bonds. The minimum absolute atomic E-state index is 0.0339. The molecule has 5 nitrogen and oxygen atoms in total. The molecule has 1 saturated carbocycles. The second kappa shape index (κ2) is 6.12. The van der Waals surface area contributed by atoms with Gasteiger partial charge in [0.1, 0.15) is 11.6 Å². The third kappa shape index (κ3) is 2.43. The summed E-state index contributed by atoms with van der Waals surface area (Å²) in [5.74, 6) is 0.0881. The lowest BCUT2D eigenvalue weighted by molar-refractivity contribution is -0.165. The van der Waals surface area contributed by atoms with Crippen LogP contribution in [0.3, 0.4) is 0 Å². The number of amides is 2. The molecule has 1 aliphatic heterocycles. The van der Waals surface area contributed by atoms with Crippen LogP contribution in [0.5, 0.6) is 0 Å². The molecule has 2 rings (SSSR count). The highest BCUT2D eigenvalue weighted by molar-refractivity contribution is 6.00. The van der Waals surface area contributed by atoms with Crippen molar-refractivity contribution >= 4 is 11.8 Å². The molecule has 0 bridgehead atoms. The predicted octanol–water partition coefficient (Wildman–Crippen LogP) is 1.46. The van der Waals surface area contributed by atoms with Crippen LogP contribution < -0.4 is 5.32 Å². The maximum absolute atomic E-state index is 12.7. The summed E-state index contributed by atoms with van der Waals surface area (Å²) in [6, 6.07) is -0.444. The van der Waals surface area contributed by atoms with Crippen LogP contribution >= 0.6 is 0 Å². The van der Waals surface area contributed by atoms with E-state index in [1.807, 2.05) is 18.7 Å². The number of hydrogen-bond acceptors (Lipinski definition) is 3. The number of piperazine rings is 1. The third-order valence-corrected chi connectivity index (χ3v) is 4.66. The first-order valence-corrected chi connectivity index (χ1v) is 7.70. The van der Waals surface area contributed by atoms with Gasteiger partial charge >= 0.3 is 0 Å². The zero-order chi connectivity index (χ0) is 14.8. The van der Waals surface area contributed by atoms with Crippen molar-refractivity contribution in [2.45, 2.75) is 70.0 Å². The summed E-state index contributed by atoms with van der Waals surface area (Å²) in [6.45, 7) is 4.38. The molecular weight excluding hydrogens is 256 g/mol. The normalized spacial score (nSPS) is 27.6. The lowest BCUT2D eigenvalue weighted by Gasteiger charge is -2.52. The van der Waals surface area contributed by atoms with E-state index in [1.54, 1.807) is 7.11 Å². The van der Waals surface area contributed by atoms with Gasteiger partial charge in [-0.05, 0) is 26.2 Å². The Labute approximate surface area is 121 Å². The smallest absolute Gasteiger partial charge is 0.246 e. The molecule has 1 N–H and O–H groups in total. The molecule has 2 atom stereocenters. The Morgan fingerprint density at radius 1 is 1.35 bits per heavy atom. The Morgan fingerprint density at radius 3 is 2.55 bits per heavy atom. The SMILES string of the molecule is CCC1NC(=O)C2(CCCCC2)N(C(C)COC)C1=O. The zero-order valence-electron chi connectivity index (χ0n) is 12.8. The van der Waals surface area contributed by atoms with Gasteiger partial charge in [-0.15, -0.1) is 0 Å². The topological polar surface area (TPSA) is 58.6 Å². The highest BCUT2D eigenvalue weighted by Gasteiger charge is 2.53. The maximum Gasteiger partial charge on any atom is 0.246 e. The van der Waals surface area contributed by atoms with Crippen LogP contribution in [0.25, 0.3) is 0 Å². The summed E-state index contributed by atoms with van der Waals surface area (Å²) in [7, 11) is 1.63. The standard InChI is InChI=1S/C15H26N2O3/c1-4-12-13(18)17(11(2)10-20-3)15(14(19)16-12)8-6-5-7-9-15/h11-12H,4-10H2,1-3H3,(H,16,19). The summed E-state index contributed by atoms with van der Waals surface area (Å²) in [4.78, 5) is 27.2. The molecule has 20 heavy (non-hydrogen) atoms. The number of nitrogens with one attached hydrogen (secondary N) is 1. The molecule has 2 aliphatic rings. The Morgan fingerprint density at radius 2 is 2.00 bits per heavy atom. The molecule has 1 aliphatic carbocycles. The van der Waals surface area contributed by atoms with E-state index in [0.29, 0.717) is 13.0 Å². The minimum atomic E-state index is -0.640. The van der Waals surface area contributed by atoms with E-state index in [9.17, 15) is 9.59 Å². The van der Waals surface area contributed by atoms with Crippen LogP contribution in [0.15, 0.2) is 0 Å². The molecule has 2 unspecified atom stereocenters. The Hall–Kier alpha value is -1.10. The predicted molar refractivity (Wildman–Crippen MR) is 76.2 cm³/mol. The third-order valence-electron chi connectivity index (χ3n) is 4.66. The molecule has 114 valence electrons. The van der Waals surface area contributed by atoms with Gasteiger partial charge in [-0.1, -0.05) is 26.2 Å². The number of carbonyl (C=O) groups excluding carboxylic acids is 2. The molecule has 1 spiro atoms. The van der Waals surface area contributed by atoms with Crippen LogP contribution in [-0.4, -0.2) is 48.1 Å². The van der Waals surface area contributed by atoms with Crippen LogP contribution in [0, 0.1) is 0 Å². The monoisotopic (exact) mass is 282 g/mol. The van der Waals surface area contributed by atoms with Crippen LogP contribution in [0.1, 0.15) is 52.4 Å². The highest BCUT2D eigenvalue weighted by Crippen LogP contribution is 2.38. The van der Waals surface area contributed by atoms with Gasteiger partial charge in [0.15, 0.2) is 0 Å². The summed E-state index contributed by atoms with van der Waals surface area (Å²) < 4.78 is 5.22. The minimum Gasteiger partial charge on any atom is -0.383 e. The first-order valence-electron chi connectivity index (χ1n) is 7.70. The van der Waals surface area contributed by atoms with Gasteiger partial charge in [0.05, 0.1) is 12.6 Å². The average molecular weight is 282 g/mol. The van der Waals surface area contributed by atoms with Gasteiger partial charge < -0.3 is 15.0 Å². The average Bonchev–Trinajstić information content (AvgIpc) is 2.44. The van der Waals surface area contributed by atoms with Gasteiger partial charge in [-0.2, -0.15) is 0 Å². The van der Waals surface area contributed by atoms with Crippen LogP contribution in [-0.2, 0) is 14.3 Å². The van der Waals surface area contributed by atoms with Gasteiger partial charge in [-0.3, -0.25) is 9.59 Å². The van der Waals surface area contributed by atoms with E-state index in [2.05, 4.69) is 5.32 Å². The van der Waals surface area contributed by atoms with Crippen molar-refractivity contribution in [1.29, 1.82) is 0 Å². The Kier molecular flexibility index (Phi) is 4.68. The quantitative estimate of drug-likeness (QED) is 0.849. The van der Waals surface area contributed by atoms with Crippen molar-refractivity contribution in [3.63, 3.8) is 0 Å². The number of rotatable bonds is 4. The summed E-state index contributed by atoms with van der Waals surface area (Å²) in [6.07, 6.45) is 5.34. The molecule has 0 aromatic carbocycles. The van der Waals surface area contributed by atoms with Crippen molar-refractivity contribution < 1.29 is 14.3 Å². The lowest BCUT2D eigenvalue weighted by atomic mass is 9.76. The first-order chi connectivity index (χ1) is 9.56. The van der Waals surface area contributed by atoms with Gasteiger partial charge in [0.2, 0.25) is 11.8 Å². The highest BCUT2D eigenvalue weighted by atomic mass is 16.5. The molecule has 2 fully saturated rings. The summed E-state index contributed by atoms with van der Waals surface area (Å²) >= 11 is 0. The van der Waals surface area contributed by atoms with Crippen molar-refractivity contribution in [3.05, 3.63) is 0 Å². The largest absolute Gasteiger partial charge is 0.383 e. The van der Waals surface area contributed by atoms with Crippen molar-refractivity contribution in [2.75, 3.05) is 13.7 Å². The first kappa shape index (κ1) is 15.3. The number of nitrogens with zero attached hydrogens (tertiary/aromatic N) is 1. The second-order valence-corrected chi connectivity index (χ2v) is 6.04. The zero-order valence-corrected chi connectivity index (χ0v) is 12.8. The second-order valence-electron chi connectivity index (χ2n) is 6.04. The number of methoxy groups -OCH3 is 1. The van der Waals surface area contributed by atoms with Crippen LogP contribution in [0.4, 0.5) is 0 Å². The van der Waals surface area contributed by atoms with E-state index in [1.165, 1.54) is 0 Å². The Bertz CT molecular complexity index is 377. The fourth-order valence-corrected chi connectivity index (χ4v) is 3.68. The fourth-order valence-electron chi connectivity index (χ4n) is 3.68. The van der Waals surface area contributed by atoms with E-state index in [4.69, 9.17) is 4.74 Å². The number of hydrogen-bond donors (Lipinski definition) is 1. The Balaban J connectivity index is 2.34. The summed E-state index contributed by atoms with van der Waals surface area (Å²) in [5.41, 5.74) is -0.640. The van der Waals surface area contributed by atoms with Crippen molar-refractivity contribution in [1.82, 2.24) is 10.2 Å². The van der Waals surface area contributed by atoms with E-state index in [0.717, 1.165) is 32.1 Å². The van der Waals surface area contributed by atoms with Crippen molar-refractivity contribution in [3.8, 4) is 0 Å². The van der Waals surface area contributed by atoms with Gasteiger partial charge in [-0.25, -0.2) is 0 Å². The van der Waals surface area contributed by atoms with Gasteiger partial charge in [0, 0.05) is 7.11 Å². The fraction of sp³-hybridized carbons (Fsp3) is 0.867. The maximum atomic E-state index is 12.7. The number of ether oxygens (including phenoxy) is 1. The number of carbonyl (C=O) groups is 2.